The van der Waals surface area contributed by atoms with Crippen molar-refractivity contribution in [3.63, 3.8) is 0 Å². The molecule has 1 heterocycles. The topological polar surface area (TPSA) is 77.2 Å². The molecule has 0 bridgehead atoms. The third kappa shape index (κ3) is 3.09. The highest BCUT2D eigenvalue weighted by molar-refractivity contribution is 5.81. The Morgan fingerprint density at radius 2 is 1.90 bits per heavy atom. The Kier molecular flexibility index (Phi) is 5.29. The molecule has 4 aliphatic carbocycles. The summed E-state index contributed by atoms with van der Waals surface area (Å²) in [5, 5.41) is 18.6. The zero-order valence-corrected chi connectivity index (χ0v) is 18.5. The lowest BCUT2D eigenvalue weighted by atomic mass is 9.44. The SMILES string of the molecule is COC[C@]12CC[C@@H](O)C[C@@H]1CC[C@H]1[C@@H]3CC[C@H](C(=O)Cn4nccn4)[C@@]3(C)CC[C@@H]12. The van der Waals surface area contributed by atoms with Crippen LogP contribution in [0, 0.1) is 40.4 Å². The Labute approximate surface area is 179 Å². The second kappa shape index (κ2) is 7.70. The molecule has 1 aromatic rings. The molecule has 0 unspecified atom stereocenters. The number of carbonyl (C=O) groups excluding carboxylic acids is 1. The van der Waals surface area contributed by atoms with E-state index < -0.39 is 0 Å². The van der Waals surface area contributed by atoms with Gasteiger partial charge in [-0.05, 0) is 92.3 Å². The zero-order valence-electron chi connectivity index (χ0n) is 18.5. The average molecular weight is 416 g/mol. The summed E-state index contributed by atoms with van der Waals surface area (Å²) in [5.41, 5.74) is 0.347. The largest absolute Gasteiger partial charge is 0.393 e. The van der Waals surface area contributed by atoms with Crippen molar-refractivity contribution in [3.05, 3.63) is 12.4 Å². The molecule has 30 heavy (non-hydrogen) atoms. The summed E-state index contributed by atoms with van der Waals surface area (Å²) < 4.78 is 5.83. The van der Waals surface area contributed by atoms with Crippen LogP contribution in [0.3, 0.4) is 0 Å². The number of aliphatic hydroxyl groups is 1. The lowest BCUT2D eigenvalue weighted by Gasteiger charge is -2.61. The number of rotatable bonds is 5. The fourth-order valence-electron chi connectivity index (χ4n) is 8.68. The lowest BCUT2D eigenvalue weighted by molar-refractivity contribution is -0.161. The smallest absolute Gasteiger partial charge is 0.159 e. The molecule has 4 fully saturated rings. The van der Waals surface area contributed by atoms with Gasteiger partial charge in [-0.1, -0.05) is 6.92 Å². The highest BCUT2D eigenvalue weighted by Crippen LogP contribution is 2.67. The Hall–Kier alpha value is -1.27. The first-order chi connectivity index (χ1) is 14.5. The predicted molar refractivity (Wildman–Crippen MR) is 112 cm³/mol. The number of hydrogen-bond donors (Lipinski definition) is 1. The van der Waals surface area contributed by atoms with Crippen LogP contribution in [0.15, 0.2) is 12.4 Å². The molecule has 166 valence electrons. The van der Waals surface area contributed by atoms with Crippen molar-refractivity contribution in [2.75, 3.05) is 13.7 Å². The van der Waals surface area contributed by atoms with Gasteiger partial charge < -0.3 is 9.84 Å². The van der Waals surface area contributed by atoms with E-state index in [0.717, 1.165) is 38.7 Å². The molecule has 1 aromatic heterocycles. The highest BCUT2D eigenvalue weighted by atomic mass is 16.5. The number of hydrogen-bond acceptors (Lipinski definition) is 5. The van der Waals surface area contributed by atoms with E-state index in [9.17, 15) is 9.90 Å². The number of Topliss-reactive ketones (excluding diaryl/α,β-unsaturated/α-hetero) is 1. The maximum Gasteiger partial charge on any atom is 0.159 e. The summed E-state index contributed by atoms with van der Waals surface area (Å²) in [6.07, 6.45) is 13.1. The van der Waals surface area contributed by atoms with E-state index in [1.165, 1.54) is 30.5 Å². The van der Waals surface area contributed by atoms with E-state index in [4.69, 9.17) is 4.74 Å². The molecular weight excluding hydrogens is 378 g/mol. The predicted octanol–water partition coefficient (Wildman–Crippen LogP) is 3.49. The summed E-state index contributed by atoms with van der Waals surface area (Å²) in [6.45, 7) is 3.55. The number of fused-ring (bicyclic) bond motifs is 5. The van der Waals surface area contributed by atoms with Crippen molar-refractivity contribution in [1.29, 1.82) is 0 Å². The molecule has 5 rings (SSSR count). The summed E-state index contributed by atoms with van der Waals surface area (Å²) in [7, 11) is 1.85. The van der Waals surface area contributed by atoms with E-state index in [2.05, 4.69) is 17.1 Å². The van der Waals surface area contributed by atoms with Crippen molar-refractivity contribution < 1.29 is 14.6 Å². The first kappa shape index (κ1) is 20.6. The van der Waals surface area contributed by atoms with Gasteiger partial charge >= 0.3 is 0 Å². The van der Waals surface area contributed by atoms with Gasteiger partial charge in [0.25, 0.3) is 0 Å². The van der Waals surface area contributed by atoms with Crippen molar-refractivity contribution in [1.82, 2.24) is 15.0 Å². The third-order valence-electron chi connectivity index (χ3n) is 9.90. The molecule has 4 saturated carbocycles. The summed E-state index contributed by atoms with van der Waals surface area (Å²) in [5.74, 6) is 3.07. The molecule has 0 aromatic carbocycles. The molecule has 0 spiro atoms. The van der Waals surface area contributed by atoms with Crippen molar-refractivity contribution in [2.45, 2.75) is 77.4 Å². The Bertz CT molecular complexity index is 768. The monoisotopic (exact) mass is 415 g/mol. The molecule has 0 radical (unpaired) electrons. The number of ketones is 1. The summed E-state index contributed by atoms with van der Waals surface area (Å²) >= 11 is 0. The maximum absolute atomic E-state index is 13.2. The standard InChI is InChI=1S/C24H37N3O3/c1-23-9-8-20-18(4-3-16-13-17(28)7-10-24(16,20)15-30-2)19(23)5-6-21(23)22(29)14-27-25-11-12-26-27/h11-12,16-21,28H,3-10,13-15H2,1-2H3/t16-,17+,18-,19-,20-,21+,23-,24+/m0/s1. The van der Waals surface area contributed by atoms with Crippen LogP contribution < -0.4 is 0 Å². The number of carbonyl (C=O) groups is 1. The molecular formula is C24H37N3O3. The molecule has 1 N–H and O–H groups in total. The molecule has 6 heteroatoms. The number of aromatic nitrogens is 3. The molecule has 6 nitrogen and oxygen atoms in total. The van der Waals surface area contributed by atoms with E-state index in [1.807, 2.05) is 7.11 Å². The molecule has 0 aliphatic heterocycles. The summed E-state index contributed by atoms with van der Waals surface area (Å²) in [4.78, 5) is 14.8. The van der Waals surface area contributed by atoms with Crippen LogP contribution in [0.4, 0.5) is 0 Å². The van der Waals surface area contributed by atoms with E-state index in [1.54, 1.807) is 12.4 Å². The van der Waals surface area contributed by atoms with E-state index >= 15 is 0 Å². The van der Waals surface area contributed by atoms with E-state index in [0.29, 0.717) is 36.0 Å². The number of aliphatic hydroxyl groups excluding tert-OH is 1. The van der Waals surface area contributed by atoms with Gasteiger partial charge in [0, 0.05) is 13.0 Å². The molecule has 0 amide bonds. The Morgan fingerprint density at radius 1 is 1.10 bits per heavy atom. The third-order valence-corrected chi connectivity index (χ3v) is 9.90. The second-order valence-corrected chi connectivity index (χ2v) is 10.9. The number of methoxy groups -OCH3 is 1. The highest BCUT2D eigenvalue weighted by Gasteiger charge is 2.62. The lowest BCUT2D eigenvalue weighted by Crippen LogP contribution is -2.57. The van der Waals surface area contributed by atoms with Gasteiger partial charge in [0.2, 0.25) is 0 Å². The van der Waals surface area contributed by atoms with Crippen molar-refractivity contribution in [2.24, 2.45) is 40.4 Å². The van der Waals surface area contributed by atoms with Gasteiger partial charge in [-0.15, -0.1) is 0 Å². The number of ether oxygens (including phenoxy) is 1. The first-order valence-corrected chi connectivity index (χ1v) is 12.0. The van der Waals surface area contributed by atoms with Crippen LogP contribution in [-0.4, -0.2) is 45.7 Å². The maximum atomic E-state index is 13.2. The Morgan fingerprint density at radius 3 is 2.67 bits per heavy atom. The van der Waals surface area contributed by atoms with Gasteiger partial charge in [-0.3, -0.25) is 4.79 Å². The zero-order chi connectivity index (χ0) is 20.9. The van der Waals surface area contributed by atoms with Crippen LogP contribution in [-0.2, 0) is 16.1 Å². The van der Waals surface area contributed by atoms with Crippen LogP contribution in [0.25, 0.3) is 0 Å². The van der Waals surface area contributed by atoms with Crippen LogP contribution in [0.2, 0.25) is 0 Å². The Balaban J connectivity index is 1.38. The van der Waals surface area contributed by atoms with Crippen LogP contribution >= 0.6 is 0 Å². The molecule has 8 atom stereocenters. The van der Waals surface area contributed by atoms with Gasteiger partial charge in [0.15, 0.2) is 5.78 Å². The van der Waals surface area contributed by atoms with Crippen molar-refractivity contribution >= 4 is 5.78 Å². The van der Waals surface area contributed by atoms with Gasteiger partial charge in [0.05, 0.1) is 25.1 Å². The molecule has 4 aliphatic rings. The van der Waals surface area contributed by atoms with E-state index in [-0.39, 0.29) is 22.9 Å². The average Bonchev–Trinajstić information content (AvgIpc) is 3.35. The van der Waals surface area contributed by atoms with Gasteiger partial charge in [-0.2, -0.15) is 15.0 Å². The minimum atomic E-state index is -0.130. The normalized spacial score (nSPS) is 45.4. The fraction of sp³-hybridized carbons (Fsp3) is 0.875. The quantitative estimate of drug-likeness (QED) is 0.796. The van der Waals surface area contributed by atoms with Gasteiger partial charge in [-0.25, -0.2) is 0 Å². The minimum absolute atomic E-state index is 0.112. The van der Waals surface area contributed by atoms with Crippen molar-refractivity contribution in [3.8, 4) is 0 Å². The number of nitrogens with zero attached hydrogens (tertiary/aromatic N) is 3. The van der Waals surface area contributed by atoms with Gasteiger partial charge in [0.1, 0.15) is 6.54 Å². The second-order valence-electron chi connectivity index (χ2n) is 10.9. The minimum Gasteiger partial charge on any atom is -0.393 e. The summed E-state index contributed by atoms with van der Waals surface area (Å²) in [6, 6.07) is 0. The van der Waals surface area contributed by atoms with Crippen LogP contribution in [0.5, 0.6) is 0 Å². The fourth-order valence-corrected chi connectivity index (χ4v) is 8.68. The first-order valence-electron chi connectivity index (χ1n) is 12.0. The molecule has 0 saturated heterocycles. The van der Waals surface area contributed by atoms with Crippen LogP contribution in [0.1, 0.15) is 64.7 Å².